The fourth-order valence-electron chi connectivity index (χ4n) is 2.68. The van der Waals surface area contributed by atoms with Crippen molar-refractivity contribution < 1.29 is 31.4 Å². The molecule has 0 radical (unpaired) electrons. The molecule has 0 fully saturated rings. The average Bonchev–Trinajstić information content (AvgIpc) is 2.59. The smallest absolute Gasteiger partial charge is 0.384 e. The van der Waals surface area contributed by atoms with E-state index in [1.165, 1.54) is 12.1 Å². The Labute approximate surface area is 166 Å². The van der Waals surface area contributed by atoms with Gasteiger partial charge in [-0.05, 0) is 48.7 Å². The van der Waals surface area contributed by atoms with Gasteiger partial charge in [-0.25, -0.2) is 0 Å². The monoisotopic (exact) mass is 469 g/mol. The predicted molar refractivity (Wildman–Crippen MR) is 97.9 cm³/mol. The molecule has 0 saturated heterocycles. The molecule has 0 aliphatic carbocycles. The maximum Gasteiger partial charge on any atom is 0.416 e. The molecule has 2 aromatic rings. The van der Waals surface area contributed by atoms with Gasteiger partial charge in [0.1, 0.15) is 6.10 Å². The first kappa shape index (κ1) is 22.5. The second kappa shape index (κ2) is 9.17. The van der Waals surface area contributed by atoms with Crippen LogP contribution in [-0.4, -0.2) is 23.9 Å². The first-order valence-corrected chi connectivity index (χ1v) is 9.17. The molecule has 2 rings (SSSR count). The molecule has 1 atom stereocenters. The summed E-state index contributed by atoms with van der Waals surface area (Å²) < 4.78 is 77.0. The number of aliphatic hydroxyl groups excluding tert-OH is 1. The Bertz CT molecular complexity index is 778. The van der Waals surface area contributed by atoms with E-state index in [4.69, 9.17) is 5.11 Å². The van der Waals surface area contributed by atoms with Crippen molar-refractivity contribution in [2.75, 3.05) is 11.4 Å². The summed E-state index contributed by atoms with van der Waals surface area (Å²) in [7, 11) is 0. The quantitative estimate of drug-likeness (QED) is 0.489. The van der Waals surface area contributed by atoms with Gasteiger partial charge in [0.25, 0.3) is 0 Å². The van der Waals surface area contributed by atoms with Crippen molar-refractivity contribution >= 4 is 21.6 Å². The van der Waals surface area contributed by atoms with Gasteiger partial charge in [0.2, 0.25) is 0 Å². The summed E-state index contributed by atoms with van der Waals surface area (Å²) in [6.45, 7) is 0.225. The standard InChI is InChI=1S/C19H18BrF6NO/c20-15-6-2-7-16(11-15)27(9-3-8-17(28)19(24,25)26)12-13-4-1-5-14(10-13)18(21,22)23/h1-2,4-7,10-11,17,28H,3,8-9,12H2. The molecule has 2 nitrogen and oxygen atoms in total. The number of nitrogens with zero attached hydrogens (tertiary/aromatic N) is 1. The van der Waals surface area contributed by atoms with Crippen molar-refractivity contribution in [2.45, 2.75) is 37.8 Å². The number of aliphatic hydroxyl groups is 1. The van der Waals surface area contributed by atoms with Crippen molar-refractivity contribution in [2.24, 2.45) is 0 Å². The van der Waals surface area contributed by atoms with E-state index in [1.807, 2.05) is 0 Å². The van der Waals surface area contributed by atoms with Crippen LogP contribution in [0.15, 0.2) is 53.0 Å². The van der Waals surface area contributed by atoms with E-state index in [9.17, 15) is 26.3 Å². The molecular weight excluding hydrogens is 452 g/mol. The zero-order valence-electron chi connectivity index (χ0n) is 14.6. The number of alkyl halides is 6. The second-order valence-corrected chi connectivity index (χ2v) is 7.21. The molecule has 9 heteroatoms. The molecule has 2 aromatic carbocycles. The summed E-state index contributed by atoms with van der Waals surface area (Å²) in [5.41, 5.74) is 0.242. The van der Waals surface area contributed by atoms with Crippen LogP contribution in [0.5, 0.6) is 0 Å². The molecular formula is C19H18BrF6NO. The molecule has 0 amide bonds. The summed E-state index contributed by atoms with van der Waals surface area (Å²) in [6.07, 6.45) is -12.1. The van der Waals surface area contributed by atoms with E-state index in [0.29, 0.717) is 11.3 Å². The Morgan fingerprint density at radius 2 is 1.64 bits per heavy atom. The lowest BCUT2D eigenvalue weighted by molar-refractivity contribution is -0.205. The number of hydrogen-bond donors (Lipinski definition) is 1. The van der Waals surface area contributed by atoms with Crippen molar-refractivity contribution in [3.05, 3.63) is 64.1 Å². The fraction of sp³-hybridized carbons (Fsp3) is 0.368. The highest BCUT2D eigenvalue weighted by Crippen LogP contribution is 2.31. The summed E-state index contributed by atoms with van der Waals surface area (Å²) in [4.78, 5) is 1.68. The lowest BCUT2D eigenvalue weighted by Gasteiger charge is -2.26. The zero-order valence-corrected chi connectivity index (χ0v) is 16.2. The number of benzene rings is 2. The molecule has 0 spiro atoms. The zero-order chi connectivity index (χ0) is 20.9. The predicted octanol–water partition coefficient (Wildman–Crippen LogP) is 6.18. The van der Waals surface area contributed by atoms with Crippen LogP contribution in [0.1, 0.15) is 24.0 Å². The molecule has 0 aliphatic rings. The van der Waals surface area contributed by atoms with Crippen LogP contribution in [0.25, 0.3) is 0 Å². The third-order valence-electron chi connectivity index (χ3n) is 4.08. The van der Waals surface area contributed by atoms with Gasteiger partial charge in [0, 0.05) is 23.2 Å². The lowest BCUT2D eigenvalue weighted by Crippen LogP contribution is -2.30. The van der Waals surface area contributed by atoms with Crippen LogP contribution in [0.2, 0.25) is 0 Å². The van der Waals surface area contributed by atoms with Gasteiger partial charge in [-0.15, -0.1) is 0 Å². The fourth-order valence-corrected chi connectivity index (χ4v) is 3.06. The number of halogens is 7. The third kappa shape index (κ3) is 6.70. The van der Waals surface area contributed by atoms with E-state index < -0.39 is 30.4 Å². The highest BCUT2D eigenvalue weighted by Gasteiger charge is 2.37. The summed E-state index contributed by atoms with van der Waals surface area (Å²) in [5.74, 6) is 0. The van der Waals surface area contributed by atoms with Gasteiger partial charge in [-0.2, -0.15) is 26.3 Å². The molecule has 0 aliphatic heterocycles. The van der Waals surface area contributed by atoms with Crippen molar-refractivity contribution in [3.8, 4) is 0 Å². The van der Waals surface area contributed by atoms with Crippen molar-refractivity contribution in [3.63, 3.8) is 0 Å². The SMILES string of the molecule is OC(CCCN(Cc1cccc(C(F)(F)F)c1)c1cccc(Br)c1)C(F)(F)F. The third-order valence-corrected chi connectivity index (χ3v) is 4.58. The van der Waals surface area contributed by atoms with Gasteiger partial charge in [0.05, 0.1) is 5.56 Å². The van der Waals surface area contributed by atoms with Crippen molar-refractivity contribution in [1.82, 2.24) is 0 Å². The molecule has 28 heavy (non-hydrogen) atoms. The number of rotatable bonds is 7. The van der Waals surface area contributed by atoms with E-state index in [1.54, 1.807) is 29.2 Å². The van der Waals surface area contributed by atoms with Crippen molar-refractivity contribution in [1.29, 1.82) is 0 Å². The Balaban J connectivity index is 2.17. The highest BCUT2D eigenvalue weighted by molar-refractivity contribution is 9.10. The van der Waals surface area contributed by atoms with Gasteiger partial charge in [-0.3, -0.25) is 0 Å². The van der Waals surface area contributed by atoms with Gasteiger partial charge >= 0.3 is 12.4 Å². The molecule has 1 N–H and O–H groups in total. The van der Waals surface area contributed by atoms with Crippen LogP contribution in [0.4, 0.5) is 32.0 Å². The Morgan fingerprint density at radius 3 is 2.25 bits per heavy atom. The molecule has 1 unspecified atom stereocenters. The van der Waals surface area contributed by atoms with E-state index in [-0.39, 0.29) is 19.5 Å². The lowest BCUT2D eigenvalue weighted by atomic mass is 10.1. The second-order valence-electron chi connectivity index (χ2n) is 6.30. The molecule has 154 valence electrons. The molecule has 0 bridgehead atoms. The topological polar surface area (TPSA) is 23.5 Å². The first-order chi connectivity index (χ1) is 13.0. The van der Waals surface area contributed by atoms with Crippen LogP contribution >= 0.6 is 15.9 Å². The minimum atomic E-state index is -4.69. The molecule has 0 heterocycles. The first-order valence-electron chi connectivity index (χ1n) is 8.38. The number of anilines is 1. The molecule has 0 aromatic heterocycles. The van der Waals surface area contributed by atoms with E-state index in [2.05, 4.69) is 15.9 Å². The van der Waals surface area contributed by atoms with Crippen LogP contribution in [0.3, 0.4) is 0 Å². The van der Waals surface area contributed by atoms with Crippen LogP contribution in [0, 0.1) is 0 Å². The van der Waals surface area contributed by atoms with Gasteiger partial charge < -0.3 is 10.0 Å². The number of hydrogen-bond acceptors (Lipinski definition) is 2. The maximum atomic E-state index is 12.9. The van der Waals surface area contributed by atoms with E-state index in [0.717, 1.165) is 16.6 Å². The Kier molecular flexibility index (Phi) is 7.39. The minimum Gasteiger partial charge on any atom is -0.384 e. The summed E-state index contributed by atoms with van der Waals surface area (Å²) in [5, 5.41) is 9.15. The highest BCUT2D eigenvalue weighted by atomic mass is 79.9. The minimum absolute atomic E-state index is 0.0200. The largest absolute Gasteiger partial charge is 0.416 e. The molecule has 0 saturated carbocycles. The van der Waals surface area contributed by atoms with Gasteiger partial charge in [0.15, 0.2) is 0 Å². The maximum absolute atomic E-state index is 12.9. The summed E-state index contributed by atoms with van der Waals surface area (Å²) in [6, 6.07) is 11.8. The Hall–Kier alpha value is -1.74. The van der Waals surface area contributed by atoms with Crippen LogP contribution in [-0.2, 0) is 12.7 Å². The summed E-state index contributed by atoms with van der Waals surface area (Å²) >= 11 is 3.31. The average molecular weight is 470 g/mol. The van der Waals surface area contributed by atoms with Gasteiger partial charge in [-0.1, -0.05) is 34.1 Å². The van der Waals surface area contributed by atoms with E-state index >= 15 is 0 Å². The van der Waals surface area contributed by atoms with Crippen LogP contribution < -0.4 is 4.90 Å². The Morgan fingerprint density at radius 1 is 0.964 bits per heavy atom. The normalized spacial score (nSPS) is 13.4.